The van der Waals surface area contributed by atoms with E-state index in [4.69, 9.17) is 5.73 Å². The van der Waals surface area contributed by atoms with E-state index in [-0.39, 0.29) is 0 Å². The van der Waals surface area contributed by atoms with Gasteiger partial charge in [-0.3, -0.25) is 14.6 Å². The van der Waals surface area contributed by atoms with E-state index in [1.165, 1.54) is 4.90 Å². The van der Waals surface area contributed by atoms with Crippen molar-refractivity contribution < 1.29 is 9.59 Å². The fraction of sp³-hybridized carbons (Fsp3) is 0.364. The molecule has 3 N–H and O–H groups in total. The third-order valence-electron chi connectivity index (χ3n) is 2.14. The predicted octanol–water partition coefficient (Wildman–Crippen LogP) is -0.885. The van der Waals surface area contributed by atoms with Crippen LogP contribution in [0, 0.1) is 0 Å². The molecule has 6 heteroatoms. The van der Waals surface area contributed by atoms with Gasteiger partial charge in [-0.05, 0) is 17.7 Å². The summed E-state index contributed by atoms with van der Waals surface area (Å²) >= 11 is 0. The quantitative estimate of drug-likeness (QED) is 0.664. The lowest BCUT2D eigenvalue weighted by atomic mass is 10.2. The maximum Gasteiger partial charge on any atom is 0.311 e. The normalized spacial score (nSPS) is 9.76. The second-order valence-corrected chi connectivity index (χ2v) is 3.56. The summed E-state index contributed by atoms with van der Waals surface area (Å²) in [6, 6.07) is 3.59. The Morgan fingerprint density at radius 1 is 1.41 bits per heavy atom. The number of hydrogen-bond donors (Lipinski definition) is 2. The van der Waals surface area contributed by atoms with Gasteiger partial charge in [0.05, 0.1) is 0 Å². The second-order valence-electron chi connectivity index (χ2n) is 3.56. The third-order valence-corrected chi connectivity index (χ3v) is 2.14. The number of amides is 2. The molecule has 0 saturated heterocycles. The molecule has 2 amide bonds. The van der Waals surface area contributed by atoms with Gasteiger partial charge in [0.25, 0.3) is 0 Å². The molecule has 17 heavy (non-hydrogen) atoms. The molecule has 0 unspecified atom stereocenters. The van der Waals surface area contributed by atoms with Crippen molar-refractivity contribution in [3.8, 4) is 0 Å². The smallest absolute Gasteiger partial charge is 0.311 e. The van der Waals surface area contributed by atoms with Crippen LogP contribution >= 0.6 is 0 Å². The van der Waals surface area contributed by atoms with Crippen LogP contribution in [-0.4, -0.2) is 41.8 Å². The lowest BCUT2D eigenvalue weighted by molar-refractivity contribution is -0.145. The fourth-order valence-electron chi connectivity index (χ4n) is 1.27. The Hall–Kier alpha value is -1.95. The minimum Gasteiger partial charge on any atom is -0.347 e. The maximum absolute atomic E-state index is 11.6. The van der Waals surface area contributed by atoms with E-state index in [1.54, 1.807) is 31.6 Å². The van der Waals surface area contributed by atoms with Crippen LogP contribution in [0.15, 0.2) is 24.5 Å². The van der Waals surface area contributed by atoms with Gasteiger partial charge in [-0.25, -0.2) is 0 Å². The van der Waals surface area contributed by atoms with Gasteiger partial charge in [-0.1, -0.05) is 0 Å². The van der Waals surface area contributed by atoms with Crippen LogP contribution in [0.4, 0.5) is 0 Å². The Kier molecular flexibility index (Phi) is 5.09. The molecule has 0 radical (unpaired) electrons. The zero-order chi connectivity index (χ0) is 12.7. The first-order chi connectivity index (χ1) is 8.15. The van der Waals surface area contributed by atoms with Crippen LogP contribution < -0.4 is 11.1 Å². The maximum atomic E-state index is 11.6. The first-order valence-corrected chi connectivity index (χ1v) is 5.27. The highest BCUT2D eigenvalue weighted by molar-refractivity contribution is 6.34. The minimum absolute atomic E-state index is 0.299. The number of rotatable bonds is 4. The molecule has 0 bridgehead atoms. The molecular weight excluding hydrogens is 220 g/mol. The highest BCUT2D eigenvalue weighted by atomic mass is 16.2. The van der Waals surface area contributed by atoms with Gasteiger partial charge in [0.2, 0.25) is 0 Å². The van der Waals surface area contributed by atoms with Crippen LogP contribution in [0.25, 0.3) is 0 Å². The predicted molar refractivity (Wildman–Crippen MR) is 62.8 cm³/mol. The number of nitrogens with two attached hydrogens (primary N) is 1. The molecule has 6 nitrogen and oxygen atoms in total. The lowest BCUT2D eigenvalue weighted by Crippen LogP contribution is -2.42. The molecule has 0 fully saturated rings. The molecule has 0 aliphatic heterocycles. The molecule has 0 spiro atoms. The van der Waals surface area contributed by atoms with E-state index in [0.717, 1.165) is 5.56 Å². The first kappa shape index (κ1) is 13.1. The Bertz CT molecular complexity index is 380. The highest BCUT2D eigenvalue weighted by Crippen LogP contribution is 2.01. The molecule has 0 atom stereocenters. The van der Waals surface area contributed by atoms with Gasteiger partial charge in [0.15, 0.2) is 0 Å². The summed E-state index contributed by atoms with van der Waals surface area (Å²) in [6.45, 7) is 0.984. The molecule has 0 saturated carbocycles. The third kappa shape index (κ3) is 4.20. The van der Waals surface area contributed by atoms with E-state index in [1.807, 2.05) is 0 Å². The number of carbonyl (C=O) groups excluding carboxylic acids is 2. The Balaban J connectivity index is 2.50. The van der Waals surface area contributed by atoms with Crippen molar-refractivity contribution in [1.29, 1.82) is 0 Å². The molecular formula is C11H16N4O2. The SMILES string of the molecule is CN(Cc1ccncc1)C(=O)C(=O)NCCN. The average Bonchev–Trinajstić information content (AvgIpc) is 2.36. The van der Waals surface area contributed by atoms with Crippen LogP contribution in [0.1, 0.15) is 5.56 Å². The number of pyridine rings is 1. The van der Waals surface area contributed by atoms with Crippen molar-refractivity contribution in [2.24, 2.45) is 5.73 Å². The lowest BCUT2D eigenvalue weighted by Gasteiger charge is -2.16. The Labute approximate surface area is 99.8 Å². The molecule has 92 valence electrons. The zero-order valence-electron chi connectivity index (χ0n) is 9.72. The van der Waals surface area contributed by atoms with Gasteiger partial charge in [0, 0.05) is 39.1 Å². The molecule has 1 aromatic rings. The molecule has 1 aromatic heterocycles. The molecule has 1 heterocycles. The van der Waals surface area contributed by atoms with Crippen molar-refractivity contribution in [3.63, 3.8) is 0 Å². The Morgan fingerprint density at radius 2 is 2.06 bits per heavy atom. The average molecular weight is 236 g/mol. The number of hydrogen-bond acceptors (Lipinski definition) is 4. The summed E-state index contributed by atoms with van der Waals surface area (Å²) in [5.74, 6) is -1.21. The number of aromatic nitrogens is 1. The number of nitrogens with zero attached hydrogens (tertiary/aromatic N) is 2. The van der Waals surface area contributed by atoms with Crippen LogP contribution in [-0.2, 0) is 16.1 Å². The monoisotopic (exact) mass is 236 g/mol. The summed E-state index contributed by atoms with van der Waals surface area (Å²) < 4.78 is 0. The fourth-order valence-corrected chi connectivity index (χ4v) is 1.27. The second kappa shape index (κ2) is 6.59. The number of carbonyl (C=O) groups is 2. The van der Waals surface area contributed by atoms with Gasteiger partial charge in [-0.2, -0.15) is 0 Å². The summed E-state index contributed by atoms with van der Waals surface area (Å²) in [7, 11) is 1.57. The van der Waals surface area contributed by atoms with E-state index in [0.29, 0.717) is 19.6 Å². The van der Waals surface area contributed by atoms with Crippen molar-refractivity contribution in [2.45, 2.75) is 6.54 Å². The topological polar surface area (TPSA) is 88.3 Å². The first-order valence-electron chi connectivity index (χ1n) is 5.27. The molecule has 0 aliphatic rings. The van der Waals surface area contributed by atoms with Gasteiger partial charge < -0.3 is 16.0 Å². The van der Waals surface area contributed by atoms with Gasteiger partial charge >= 0.3 is 11.8 Å². The largest absolute Gasteiger partial charge is 0.347 e. The summed E-state index contributed by atoms with van der Waals surface area (Å²) in [6.07, 6.45) is 3.28. The Morgan fingerprint density at radius 3 is 2.65 bits per heavy atom. The van der Waals surface area contributed by atoms with Crippen molar-refractivity contribution in [1.82, 2.24) is 15.2 Å². The van der Waals surface area contributed by atoms with E-state index >= 15 is 0 Å². The highest BCUT2D eigenvalue weighted by Gasteiger charge is 2.17. The van der Waals surface area contributed by atoms with Crippen molar-refractivity contribution in [2.75, 3.05) is 20.1 Å². The number of likely N-dealkylation sites (N-methyl/N-ethyl adjacent to an activating group) is 1. The minimum atomic E-state index is -0.632. The van der Waals surface area contributed by atoms with E-state index in [9.17, 15) is 9.59 Å². The summed E-state index contributed by atoms with van der Waals surface area (Å²) in [4.78, 5) is 28.2. The van der Waals surface area contributed by atoms with Gasteiger partial charge in [0.1, 0.15) is 0 Å². The number of nitrogens with one attached hydrogen (secondary N) is 1. The van der Waals surface area contributed by atoms with Crippen LogP contribution in [0.2, 0.25) is 0 Å². The van der Waals surface area contributed by atoms with Gasteiger partial charge in [-0.15, -0.1) is 0 Å². The van der Waals surface area contributed by atoms with E-state index in [2.05, 4.69) is 10.3 Å². The zero-order valence-corrected chi connectivity index (χ0v) is 9.72. The van der Waals surface area contributed by atoms with E-state index < -0.39 is 11.8 Å². The van der Waals surface area contributed by atoms with Crippen molar-refractivity contribution >= 4 is 11.8 Å². The standard InChI is InChI=1S/C11H16N4O2/c1-15(8-9-2-5-13-6-3-9)11(17)10(16)14-7-4-12/h2-3,5-6H,4,7-8,12H2,1H3,(H,14,16). The summed E-state index contributed by atoms with van der Waals surface area (Å²) in [5, 5.41) is 2.43. The van der Waals surface area contributed by atoms with Crippen LogP contribution in [0.3, 0.4) is 0 Å². The summed E-state index contributed by atoms with van der Waals surface area (Å²) in [5.41, 5.74) is 6.15. The van der Waals surface area contributed by atoms with Crippen LogP contribution in [0.5, 0.6) is 0 Å². The molecule has 0 aromatic carbocycles. The molecule has 0 aliphatic carbocycles. The molecule has 1 rings (SSSR count). The van der Waals surface area contributed by atoms with Crippen molar-refractivity contribution in [3.05, 3.63) is 30.1 Å².